The molecule has 2 heterocycles. The summed E-state index contributed by atoms with van der Waals surface area (Å²) in [5, 5.41) is 10.7. The zero-order valence-electron chi connectivity index (χ0n) is 12.4. The van der Waals surface area contributed by atoms with Gasteiger partial charge in [-0.3, -0.25) is 14.4 Å². The summed E-state index contributed by atoms with van der Waals surface area (Å²) in [5.74, 6) is -0.346. The van der Waals surface area contributed by atoms with Crippen molar-refractivity contribution in [3.8, 4) is 0 Å². The summed E-state index contributed by atoms with van der Waals surface area (Å²) in [6.07, 6.45) is 0. The summed E-state index contributed by atoms with van der Waals surface area (Å²) in [6.45, 7) is 3.88. The second-order valence-electron chi connectivity index (χ2n) is 4.86. The predicted octanol–water partition coefficient (Wildman–Crippen LogP) is -0.767. The standard InChI is InChI=1S/C14H17N5O3/c1-10-3-5-13(21)18(16-10)8-7-15-12(20)9-19-14(22)6-4-11(2)17-19/h3-6H,7-9H2,1-2H3,(H,15,20). The third-order valence-corrected chi connectivity index (χ3v) is 2.94. The maximum Gasteiger partial charge on any atom is 0.267 e. The maximum absolute atomic E-state index is 11.8. The van der Waals surface area contributed by atoms with Crippen molar-refractivity contribution in [3.05, 3.63) is 56.4 Å². The predicted molar refractivity (Wildman–Crippen MR) is 79.5 cm³/mol. The van der Waals surface area contributed by atoms with E-state index in [0.717, 1.165) is 10.4 Å². The highest BCUT2D eigenvalue weighted by atomic mass is 16.2. The molecule has 0 unspecified atom stereocenters. The summed E-state index contributed by atoms with van der Waals surface area (Å²) in [4.78, 5) is 34.9. The fourth-order valence-electron chi connectivity index (χ4n) is 1.87. The third-order valence-electron chi connectivity index (χ3n) is 2.94. The summed E-state index contributed by atoms with van der Waals surface area (Å²) >= 11 is 0. The van der Waals surface area contributed by atoms with Crippen LogP contribution in [0.25, 0.3) is 0 Å². The minimum atomic E-state index is -0.346. The largest absolute Gasteiger partial charge is 0.353 e. The van der Waals surface area contributed by atoms with Gasteiger partial charge < -0.3 is 5.32 Å². The van der Waals surface area contributed by atoms with Crippen LogP contribution in [0.2, 0.25) is 0 Å². The van der Waals surface area contributed by atoms with E-state index in [9.17, 15) is 14.4 Å². The molecule has 0 aliphatic rings. The molecule has 22 heavy (non-hydrogen) atoms. The average molecular weight is 303 g/mol. The number of rotatable bonds is 5. The van der Waals surface area contributed by atoms with E-state index < -0.39 is 0 Å². The topological polar surface area (TPSA) is 98.9 Å². The number of amides is 1. The van der Waals surface area contributed by atoms with Crippen molar-refractivity contribution in [2.45, 2.75) is 26.9 Å². The number of carbonyl (C=O) groups is 1. The summed E-state index contributed by atoms with van der Waals surface area (Å²) in [6, 6.07) is 6.02. The molecule has 0 radical (unpaired) electrons. The van der Waals surface area contributed by atoms with Crippen LogP contribution < -0.4 is 16.4 Å². The van der Waals surface area contributed by atoms with E-state index in [-0.39, 0.29) is 36.7 Å². The summed E-state index contributed by atoms with van der Waals surface area (Å²) in [5.41, 5.74) is 0.818. The molecule has 2 aromatic rings. The number of carbonyl (C=O) groups excluding carboxylic acids is 1. The van der Waals surface area contributed by atoms with Gasteiger partial charge in [0.25, 0.3) is 11.1 Å². The van der Waals surface area contributed by atoms with Crippen molar-refractivity contribution in [3.63, 3.8) is 0 Å². The summed E-state index contributed by atoms with van der Waals surface area (Å²) < 4.78 is 2.38. The van der Waals surface area contributed by atoms with E-state index in [0.29, 0.717) is 5.69 Å². The lowest BCUT2D eigenvalue weighted by Gasteiger charge is -2.08. The van der Waals surface area contributed by atoms with Gasteiger partial charge >= 0.3 is 0 Å². The van der Waals surface area contributed by atoms with Gasteiger partial charge in [-0.1, -0.05) is 0 Å². The van der Waals surface area contributed by atoms with Gasteiger partial charge in [0.15, 0.2) is 0 Å². The average Bonchev–Trinajstić information content (AvgIpc) is 2.46. The number of nitrogens with one attached hydrogen (secondary N) is 1. The first-order chi connectivity index (χ1) is 10.5. The maximum atomic E-state index is 11.8. The molecule has 1 amide bonds. The van der Waals surface area contributed by atoms with E-state index in [1.165, 1.54) is 16.8 Å². The van der Waals surface area contributed by atoms with Crippen molar-refractivity contribution < 1.29 is 4.79 Å². The van der Waals surface area contributed by atoms with Gasteiger partial charge in [0.1, 0.15) is 6.54 Å². The molecule has 1 N–H and O–H groups in total. The molecule has 2 aromatic heterocycles. The van der Waals surface area contributed by atoms with Gasteiger partial charge in [-0.2, -0.15) is 10.2 Å². The van der Waals surface area contributed by atoms with Crippen LogP contribution in [0.4, 0.5) is 0 Å². The van der Waals surface area contributed by atoms with Crippen LogP contribution in [-0.4, -0.2) is 32.0 Å². The van der Waals surface area contributed by atoms with E-state index in [2.05, 4.69) is 15.5 Å². The molecular formula is C14H17N5O3. The molecule has 0 fully saturated rings. The Labute approximate surface area is 126 Å². The zero-order chi connectivity index (χ0) is 16.1. The minimum Gasteiger partial charge on any atom is -0.353 e. The van der Waals surface area contributed by atoms with Crippen LogP contribution in [-0.2, 0) is 17.9 Å². The van der Waals surface area contributed by atoms with Crippen LogP contribution in [0.5, 0.6) is 0 Å². The molecule has 0 spiro atoms. The van der Waals surface area contributed by atoms with Gasteiger partial charge in [-0.25, -0.2) is 9.36 Å². The van der Waals surface area contributed by atoms with E-state index in [4.69, 9.17) is 0 Å². The SMILES string of the molecule is Cc1ccc(=O)n(CCNC(=O)Cn2nc(C)ccc2=O)n1. The second-order valence-corrected chi connectivity index (χ2v) is 4.86. The lowest BCUT2D eigenvalue weighted by atomic mass is 10.4. The Balaban J connectivity index is 1.90. The highest BCUT2D eigenvalue weighted by molar-refractivity contribution is 5.75. The Morgan fingerprint density at radius 1 is 1.00 bits per heavy atom. The molecule has 0 saturated heterocycles. The quantitative estimate of drug-likeness (QED) is 0.782. The van der Waals surface area contributed by atoms with Gasteiger partial charge in [0, 0.05) is 18.7 Å². The Bertz CT molecular complexity index is 794. The normalized spacial score (nSPS) is 10.5. The molecule has 8 heteroatoms. The van der Waals surface area contributed by atoms with E-state index in [1.54, 1.807) is 26.0 Å². The van der Waals surface area contributed by atoms with E-state index in [1.807, 2.05) is 0 Å². The van der Waals surface area contributed by atoms with Gasteiger partial charge in [-0.15, -0.1) is 0 Å². The number of hydrogen-bond donors (Lipinski definition) is 1. The second kappa shape index (κ2) is 6.79. The highest BCUT2D eigenvalue weighted by Gasteiger charge is 2.06. The van der Waals surface area contributed by atoms with E-state index >= 15 is 0 Å². The van der Waals surface area contributed by atoms with Crippen LogP contribution in [0, 0.1) is 13.8 Å². The minimum absolute atomic E-state index is 0.156. The zero-order valence-corrected chi connectivity index (χ0v) is 12.4. The first kappa shape index (κ1) is 15.6. The third kappa shape index (κ3) is 4.11. The Hall–Kier alpha value is -2.77. The lowest BCUT2D eigenvalue weighted by Crippen LogP contribution is -2.36. The monoisotopic (exact) mass is 303 g/mol. The van der Waals surface area contributed by atoms with Crippen molar-refractivity contribution >= 4 is 5.91 Å². The first-order valence-corrected chi connectivity index (χ1v) is 6.82. The molecule has 0 bridgehead atoms. The van der Waals surface area contributed by atoms with Gasteiger partial charge in [0.2, 0.25) is 5.91 Å². The number of hydrogen-bond acceptors (Lipinski definition) is 5. The molecule has 0 saturated carbocycles. The highest BCUT2D eigenvalue weighted by Crippen LogP contribution is 1.87. The van der Waals surface area contributed by atoms with Crippen LogP contribution in [0.15, 0.2) is 33.9 Å². The van der Waals surface area contributed by atoms with Gasteiger partial charge in [0.05, 0.1) is 17.9 Å². The molecule has 0 aliphatic heterocycles. The molecule has 8 nitrogen and oxygen atoms in total. The van der Waals surface area contributed by atoms with Crippen molar-refractivity contribution in [2.75, 3.05) is 6.54 Å². The number of aromatic nitrogens is 4. The molecule has 0 aromatic carbocycles. The van der Waals surface area contributed by atoms with Crippen LogP contribution in [0.3, 0.4) is 0 Å². The van der Waals surface area contributed by atoms with Crippen LogP contribution in [0.1, 0.15) is 11.4 Å². The fraction of sp³-hybridized carbons (Fsp3) is 0.357. The smallest absolute Gasteiger partial charge is 0.267 e. The number of nitrogens with zero attached hydrogens (tertiary/aromatic N) is 4. The molecular weight excluding hydrogens is 286 g/mol. The lowest BCUT2D eigenvalue weighted by molar-refractivity contribution is -0.121. The number of aryl methyl sites for hydroxylation is 2. The van der Waals surface area contributed by atoms with Gasteiger partial charge in [-0.05, 0) is 26.0 Å². The molecule has 2 rings (SSSR count). The fourth-order valence-corrected chi connectivity index (χ4v) is 1.87. The first-order valence-electron chi connectivity index (χ1n) is 6.82. The Kier molecular flexibility index (Phi) is 4.82. The van der Waals surface area contributed by atoms with Crippen molar-refractivity contribution in [1.29, 1.82) is 0 Å². The Morgan fingerprint density at radius 2 is 1.55 bits per heavy atom. The van der Waals surface area contributed by atoms with Crippen LogP contribution >= 0.6 is 0 Å². The summed E-state index contributed by atoms with van der Waals surface area (Å²) in [7, 11) is 0. The molecule has 0 atom stereocenters. The van der Waals surface area contributed by atoms with Crippen molar-refractivity contribution in [1.82, 2.24) is 24.9 Å². The van der Waals surface area contributed by atoms with Crippen molar-refractivity contribution in [2.24, 2.45) is 0 Å². The molecule has 116 valence electrons. The Morgan fingerprint density at radius 3 is 2.18 bits per heavy atom. The molecule has 0 aliphatic carbocycles.